The van der Waals surface area contributed by atoms with Gasteiger partial charge < -0.3 is 19.5 Å². The lowest BCUT2D eigenvalue weighted by molar-refractivity contribution is -0.132. The van der Waals surface area contributed by atoms with Crippen molar-refractivity contribution in [3.05, 3.63) is 87.4 Å². The highest BCUT2D eigenvalue weighted by Crippen LogP contribution is 2.45. The molecule has 8 heteroatoms. The second kappa shape index (κ2) is 11.4. The third-order valence-corrected chi connectivity index (χ3v) is 7.64. The van der Waals surface area contributed by atoms with E-state index in [1.165, 1.54) is 31.3 Å². The summed E-state index contributed by atoms with van der Waals surface area (Å²) in [5, 5.41) is 11.9. The third-order valence-electron chi connectivity index (χ3n) is 7.35. The summed E-state index contributed by atoms with van der Waals surface area (Å²) < 4.78 is 10.8. The number of hydrogen-bond acceptors (Lipinski definition) is 6. The number of ether oxygens (including phenoxy) is 2. The summed E-state index contributed by atoms with van der Waals surface area (Å²) in [6.07, 6.45) is 0. The second-order valence-electron chi connectivity index (χ2n) is 9.34. The van der Waals surface area contributed by atoms with Crippen molar-refractivity contribution >= 4 is 40.4 Å². The summed E-state index contributed by atoms with van der Waals surface area (Å²) in [5.41, 5.74) is 4.31. The zero-order valence-corrected chi connectivity index (χ0v) is 23.8. The van der Waals surface area contributed by atoms with Crippen molar-refractivity contribution in [3.8, 4) is 11.5 Å². The third kappa shape index (κ3) is 4.94. The average Bonchev–Trinajstić information content (AvgIpc) is 3.20. The Labute approximate surface area is 234 Å². The second-order valence-corrected chi connectivity index (χ2v) is 9.75. The van der Waals surface area contributed by atoms with E-state index in [1.54, 1.807) is 0 Å². The number of aryl methyl sites for hydroxylation is 1. The number of nitrogens with zero attached hydrogens (tertiary/aromatic N) is 2. The SMILES string of the molecule is CCN(CC)c1ccc(C2/C(=C(\O)c3cc(Cl)c(OC)cc3OC)C(=O)C(=O)N2c2cccc(C)c2C)cc1. The Bertz CT molecular complexity index is 1440. The van der Waals surface area contributed by atoms with Crippen molar-refractivity contribution < 1.29 is 24.2 Å². The van der Waals surface area contributed by atoms with Gasteiger partial charge in [0, 0.05) is 30.5 Å². The van der Waals surface area contributed by atoms with Crippen molar-refractivity contribution in [2.75, 3.05) is 37.1 Å². The number of aliphatic hydroxyl groups excluding tert-OH is 1. The largest absolute Gasteiger partial charge is 0.507 e. The maximum absolute atomic E-state index is 13.6. The summed E-state index contributed by atoms with van der Waals surface area (Å²) >= 11 is 6.38. The summed E-state index contributed by atoms with van der Waals surface area (Å²) in [6, 6.07) is 15.5. The molecule has 1 saturated heterocycles. The zero-order valence-electron chi connectivity index (χ0n) is 23.0. The van der Waals surface area contributed by atoms with Gasteiger partial charge in [-0.1, -0.05) is 35.9 Å². The molecule has 0 aliphatic carbocycles. The van der Waals surface area contributed by atoms with E-state index in [-0.39, 0.29) is 27.7 Å². The number of amides is 1. The van der Waals surface area contributed by atoms with Crippen molar-refractivity contribution in [1.29, 1.82) is 0 Å². The molecule has 1 aliphatic rings. The van der Waals surface area contributed by atoms with Gasteiger partial charge in [-0.05, 0) is 68.7 Å². The van der Waals surface area contributed by atoms with Gasteiger partial charge in [0.05, 0.1) is 36.4 Å². The van der Waals surface area contributed by atoms with Gasteiger partial charge in [0.1, 0.15) is 17.3 Å². The molecule has 0 radical (unpaired) electrons. The van der Waals surface area contributed by atoms with E-state index in [0.29, 0.717) is 17.0 Å². The Balaban J connectivity index is 1.98. The molecule has 7 nitrogen and oxygen atoms in total. The molecule has 0 saturated carbocycles. The van der Waals surface area contributed by atoms with Gasteiger partial charge in [-0.3, -0.25) is 14.5 Å². The number of aliphatic hydroxyl groups is 1. The van der Waals surface area contributed by atoms with Crippen LogP contribution in [0.5, 0.6) is 11.5 Å². The van der Waals surface area contributed by atoms with Gasteiger partial charge >= 0.3 is 0 Å². The number of Topliss-reactive ketones (excluding diaryl/α,β-unsaturated/α-hetero) is 1. The first-order valence-corrected chi connectivity index (χ1v) is 13.2. The quantitative estimate of drug-likeness (QED) is 0.198. The molecule has 0 spiro atoms. The van der Waals surface area contributed by atoms with Crippen LogP contribution in [0.15, 0.2) is 60.2 Å². The first-order valence-electron chi connectivity index (χ1n) is 12.8. The summed E-state index contributed by atoms with van der Waals surface area (Å²) in [4.78, 5) is 31.0. The van der Waals surface area contributed by atoms with Crippen LogP contribution >= 0.6 is 11.6 Å². The lowest BCUT2D eigenvalue weighted by Crippen LogP contribution is -2.30. The van der Waals surface area contributed by atoms with E-state index in [9.17, 15) is 14.7 Å². The first kappa shape index (κ1) is 28.0. The number of anilines is 2. The maximum atomic E-state index is 13.6. The normalized spacial score (nSPS) is 16.5. The Morgan fingerprint density at radius 2 is 1.62 bits per heavy atom. The Hall–Kier alpha value is -3.97. The number of halogens is 1. The lowest BCUT2D eigenvalue weighted by Gasteiger charge is -2.28. The Morgan fingerprint density at radius 3 is 2.21 bits per heavy atom. The van der Waals surface area contributed by atoms with E-state index < -0.39 is 17.7 Å². The molecule has 3 aromatic rings. The van der Waals surface area contributed by atoms with Crippen LogP contribution in [0, 0.1) is 13.8 Å². The molecule has 1 fully saturated rings. The fourth-order valence-corrected chi connectivity index (χ4v) is 5.28. The average molecular weight is 549 g/mol. The van der Waals surface area contributed by atoms with Gasteiger partial charge in [0.15, 0.2) is 0 Å². The molecule has 1 unspecified atom stereocenters. The van der Waals surface area contributed by atoms with Crippen LogP contribution in [0.2, 0.25) is 5.02 Å². The number of rotatable bonds is 8. The molecule has 4 rings (SSSR count). The molecule has 3 aromatic carbocycles. The molecule has 39 heavy (non-hydrogen) atoms. The van der Waals surface area contributed by atoms with Crippen LogP contribution in [-0.2, 0) is 9.59 Å². The molecule has 204 valence electrons. The summed E-state index contributed by atoms with van der Waals surface area (Å²) in [6.45, 7) is 9.72. The van der Waals surface area contributed by atoms with Gasteiger partial charge in [0.25, 0.3) is 11.7 Å². The number of methoxy groups -OCH3 is 2. The molecule has 1 heterocycles. The minimum atomic E-state index is -0.873. The molecule has 1 N–H and O–H groups in total. The maximum Gasteiger partial charge on any atom is 0.300 e. The Kier molecular flexibility index (Phi) is 8.21. The van der Waals surface area contributed by atoms with Crippen LogP contribution in [0.25, 0.3) is 5.76 Å². The van der Waals surface area contributed by atoms with E-state index in [2.05, 4.69) is 18.7 Å². The van der Waals surface area contributed by atoms with E-state index in [0.717, 1.165) is 29.9 Å². The van der Waals surface area contributed by atoms with E-state index in [4.69, 9.17) is 21.1 Å². The highest BCUT2D eigenvalue weighted by molar-refractivity contribution is 6.52. The van der Waals surface area contributed by atoms with Crippen molar-refractivity contribution in [1.82, 2.24) is 0 Å². The standard InChI is InChI=1S/C31H33ClN2O5/c1-7-33(8-2)21-14-12-20(13-15-21)28-27(29(35)22-16-23(32)26(39-6)17-25(22)38-5)30(36)31(37)34(28)24-11-9-10-18(3)19(24)4/h9-17,28,35H,7-8H2,1-6H3/b29-27+. The van der Waals surface area contributed by atoms with Crippen molar-refractivity contribution in [2.24, 2.45) is 0 Å². The molecule has 1 aliphatic heterocycles. The molecule has 1 atom stereocenters. The predicted octanol–water partition coefficient (Wildman–Crippen LogP) is 6.45. The minimum Gasteiger partial charge on any atom is -0.507 e. The summed E-state index contributed by atoms with van der Waals surface area (Å²) in [5.74, 6) is -1.28. The topological polar surface area (TPSA) is 79.3 Å². The monoisotopic (exact) mass is 548 g/mol. The highest BCUT2D eigenvalue weighted by atomic mass is 35.5. The summed E-state index contributed by atoms with van der Waals surface area (Å²) in [7, 11) is 2.91. The van der Waals surface area contributed by atoms with Crippen LogP contribution in [0.3, 0.4) is 0 Å². The number of ketones is 1. The number of benzene rings is 3. The molecule has 1 amide bonds. The van der Waals surface area contributed by atoms with Crippen LogP contribution < -0.4 is 19.3 Å². The number of hydrogen-bond donors (Lipinski definition) is 1. The van der Waals surface area contributed by atoms with Crippen LogP contribution in [0.1, 0.15) is 42.1 Å². The van der Waals surface area contributed by atoms with Gasteiger partial charge in [-0.2, -0.15) is 0 Å². The van der Waals surface area contributed by atoms with E-state index >= 15 is 0 Å². The zero-order chi connectivity index (χ0) is 28.4. The molecular formula is C31H33ClN2O5. The van der Waals surface area contributed by atoms with Crippen LogP contribution in [-0.4, -0.2) is 44.1 Å². The number of carbonyl (C=O) groups is 2. The smallest absolute Gasteiger partial charge is 0.300 e. The van der Waals surface area contributed by atoms with Crippen molar-refractivity contribution in [2.45, 2.75) is 33.7 Å². The molecule has 0 bridgehead atoms. The van der Waals surface area contributed by atoms with E-state index in [1.807, 2.05) is 56.3 Å². The fraction of sp³-hybridized carbons (Fsp3) is 0.290. The number of carbonyl (C=O) groups excluding carboxylic acids is 2. The van der Waals surface area contributed by atoms with Crippen LogP contribution in [0.4, 0.5) is 11.4 Å². The fourth-order valence-electron chi connectivity index (χ4n) is 5.04. The minimum absolute atomic E-state index is 0.0453. The van der Waals surface area contributed by atoms with Gasteiger partial charge in [-0.25, -0.2) is 0 Å². The van der Waals surface area contributed by atoms with Gasteiger partial charge in [-0.15, -0.1) is 0 Å². The van der Waals surface area contributed by atoms with Gasteiger partial charge in [0.2, 0.25) is 0 Å². The highest BCUT2D eigenvalue weighted by Gasteiger charge is 2.47. The lowest BCUT2D eigenvalue weighted by atomic mass is 9.94. The molecular weight excluding hydrogens is 516 g/mol. The first-order chi connectivity index (χ1) is 18.7. The Morgan fingerprint density at radius 1 is 0.974 bits per heavy atom. The molecule has 0 aromatic heterocycles. The van der Waals surface area contributed by atoms with Crippen molar-refractivity contribution in [3.63, 3.8) is 0 Å². The predicted molar refractivity (Wildman–Crippen MR) is 155 cm³/mol.